The first-order chi connectivity index (χ1) is 11.8. The van der Waals surface area contributed by atoms with E-state index in [-0.39, 0.29) is 11.9 Å². The van der Waals surface area contributed by atoms with E-state index in [1.807, 2.05) is 42.3 Å². The number of rotatable bonds is 6. The molecule has 1 saturated heterocycles. The van der Waals surface area contributed by atoms with Crippen LogP contribution in [0.15, 0.2) is 42.7 Å². The molecule has 0 spiro atoms. The molecule has 2 aromatic rings. The van der Waals surface area contributed by atoms with Crippen LogP contribution < -0.4 is 10.1 Å². The Morgan fingerprint density at radius 1 is 1.33 bits per heavy atom. The van der Waals surface area contributed by atoms with E-state index < -0.39 is 0 Å². The molecule has 1 aromatic carbocycles. The largest absolute Gasteiger partial charge is 0.493 e. The number of amides is 1. The van der Waals surface area contributed by atoms with Gasteiger partial charge in [0.2, 0.25) is 5.91 Å². The third-order valence-electron chi connectivity index (χ3n) is 4.15. The predicted octanol–water partition coefficient (Wildman–Crippen LogP) is 2.65. The van der Waals surface area contributed by atoms with E-state index in [1.54, 1.807) is 12.4 Å². The summed E-state index contributed by atoms with van der Waals surface area (Å²) in [5, 5.41) is 2.99. The number of aromatic nitrogens is 2. The minimum atomic E-state index is 0.00928. The van der Waals surface area contributed by atoms with E-state index in [1.165, 1.54) is 0 Å². The molecular weight excluding hydrogens is 304 g/mol. The summed E-state index contributed by atoms with van der Waals surface area (Å²) in [6.45, 7) is 1.15. The topological polar surface area (TPSA) is 67.4 Å². The number of nitrogens with zero attached hydrogens (tertiary/aromatic N) is 3. The number of hydrogen-bond acceptors (Lipinski definition) is 5. The number of ether oxygens (including phenoxy) is 1. The van der Waals surface area contributed by atoms with E-state index in [2.05, 4.69) is 15.3 Å². The molecule has 6 nitrogen and oxygen atoms in total. The van der Waals surface area contributed by atoms with Gasteiger partial charge >= 0.3 is 0 Å². The highest BCUT2D eigenvalue weighted by atomic mass is 16.5. The van der Waals surface area contributed by atoms with Crippen LogP contribution in [0.5, 0.6) is 5.75 Å². The summed E-state index contributed by atoms with van der Waals surface area (Å²) in [5.74, 6) is 1.61. The lowest BCUT2D eigenvalue weighted by molar-refractivity contribution is -0.132. The third kappa shape index (κ3) is 3.82. The van der Waals surface area contributed by atoms with Crippen molar-refractivity contribution < 1.29 is 9.53 Å². The summed E-state index contributed by atoms with van der Waals surface area (Å²) in [4.78, 5) is 23.2. The molecule has 2 heterocycles. The summed E-state index contributed by atoms with van der Waals surface area (Å²) >= 11 is 0. The molecule has 0 aliphatic carbocycles. The number of hydrogen-bond donors (Lipinski definition) is 1. The molecule has 0 radical (unpaired) electrons. The van der Waals surface area contributed by atoms with Gasteiger partial charge in [-0.15, -0.1) is 0 Å². The summed E-state index contributed by atoms with van der Waals surface area (Å²) in [6, 6.07) is 9.56. The molecule has 6 heteroatoms. The quantitative estimate of drug-likeness (QED) is 0.884. The average Bonchev–Trinajstić information content (AvgIpc) is 3.12. The van der Waals surface area contributed by atoms with Crippen molar-refractivity contribution >= 4 is 11.7 Å². The second-order valence-electron chi connectivity index (χ2n) is 5.74. The lowest BCUT2D eigenvalue weighted by Gasteiger charge is -2.24. The van der Waals surface area contributed by atoms with Crippen molar-refractivity contribution in [2.75, 3.05) is 25.5 Å². The molecule has 3 rings (SSSR count). The number of nitrogens with one attached hydrogen (secondary N) is 1. The first kappa shape index (κ1) is 16.2. The number of para-hydroxylation sites is 1. The monoisotopic (exact) mass is 326 g/mol. The van der Waals surface area contributed by atoms with Gasteiger partial charge in [-0.05, 0) is 25.0 Å². The molecular formula is C18H22N4O2. The molecule has 1 amide bonds. The van der Waals surface area contributed by atoms with Crippen molar-refractivity contribution in [1.29, 1.82) is 0 Å². The zero-order valence-corrected chi connectivity index (χ0v) is 13.8. The van der Waals surface area contributed by atoms with Crippen molar-refractivity contribution in [3.05, 3.63) is 48.4 Å². The molecule has 24 heavy (non-hydrogen) atoms. The van der Waals surface area contributed by atoms with Gasteiger partial charge in [-0.2, -0.15) is 0 Å². The third-order valence-corrected chi connectivity index (χ3v) is 4.15. The maximum Gasteiger partial charge on any atom is 0.226 e. The van der Waals surface area contributed by atoms with Crippen LogP contribution in [0.1, 0.15) is 31.0 Å². The van der Waals surface area contributed by atoms with Crippen LogP contribution >= 0.6 is 0 Å². The number of anilines is 1. The van der Waals surface area contributed by atoms with Gasteiger partial charge in [-0.25, -0.2) is 4.98 Å². The highest BCUT2D eigenvalue weighted by Gasteiger charge is 2.31. The highest BCUT2D eigenvalue weighted by Crippen LogP contribution is 2.31. The first-order valence-corrected chi connectivity index (χ1v) is 8.25. The average molecular weight is 326 g/mol. The predicted molar refractivity (Wildman–Crippen MR) is 91.8 cm³/mol. The van der Waals surface area contributed by atoms with Crippen molar-refractivity contribution in [3.8, 4) is 5.75 Å². The van der Waals surface area contributed by atoms with Gasteiger partial charge in [0, 0.05) is 13.6 Å². The van der Waals surface area contributed by atoms with Crippen molar-refractivity contribution in [3.63, 3.8) is 0 Å². The minimum Gasteiger partial charge on any atom is -0.493 e. The van der Waals surface area contributed by atoms with Crippen LogP contribution in [0, 0.1) is 0 Å². The number of carbonyl (C=O) groups is 1. The number of carbonyl (C=O) groups excluding carboxylic acids is 1. The smallest absolute Gasteiger partial charge is 0.226 e. The van der Waals surface area contributed by atoms with E-state index >= 15 is 0 Å². The van der Waals surface area contributed by atoms with Gasteiger partial charge in [0.05, 0.1) is 37.2 Å². The van der Waals surface area contributed by atoms with Crippen LogP contribution in [0.4, 0.5) is 5.82 Å². The van der Waals surface area contributed by atoms with Crippen LogP contribution in [-0.2, 0) is 4.79 Å². The second-order valence-corrected chi connectivity index (χ2v) is 5.74. The number of benzene rings is 1. The van der Waals surface area contributed by atoms with E-state index in [0.717, 1.165) is 36.6 Å². The Morgan fingerprint density at radius 2 is 2.17 bits per heavy atom. The van der Waals surface area contributed by atoms with E-state index in [0.29, 0.717) is 13.0 Å². The van der Waals surface area contributed by atoms with Gasteiger partial charge in [0.25, 0.3) is 0 Å². The SMILES string of the molecule is CNc1cncc(C2CCCN2C(=O)CCOc2ccccc2)n1. The first-order valence-electron chi connectivity index (χ1n) is 8.25. The van der Waals surface area contributed by atoms with Crippen molar-refractivity contribution in [2.45, 2.75) is 25.3 Å². The molecule has 0 saturated carbocycles. The highest BCUT2D eigenvalue weighted by molar-refractivity contribution is 5.77. The zero-order valence-electron chi connectivity index (χ0n) is 13.8. The Balaban J connectivity index is 1.59. The van der Waals surface area contributed by atoms with Gasteiger partial charge < -0.3 is 15.0 Å². The van der Waals surface area contributed by atoms with Gasteiger partial charge in [0.15, 0.2) is 0 Å². The van der Waals surface area contributed by atoms with Crippen LogP contribution in [0.25, 0.3) is 0 Å². The van der Waals surface area contributed by atoms with Gasteiger partial charge in [0.1, 0.15) is 11.6 Å². The summed E-state index contributed by atoms with van der Waals surface area (Å²) in [6.07, 6.45) is 5.70. The van der Waals surface area contributed by atoms with Gasteiger partial charge in [-0.1, -0.05) is 18.2 Å². The van der Waals surface area contributed by atoms with E-state index in [9.17, 15) is 4.79 Å². The van der Waals surface area contributed by atoms with Crippen LogP contribution in [0.2, 0.25) is 0 Å². The molecule has 126 valence electrons. The maximum absolute atomic E-state index is 12.6. The number of likely N-dealkylation sites (tertiary alicyclic amines) is 1. The molecule has 1 unspecified atom stereocenters. The Hall–Kier alpha value is -2.63. The minimum absolute atomic E-state index is 0.00928. The maximum atomic E-state index is 12.6. The van der Waals surface area contributed by atoms with Crippen molar-refractivity contribution in [2.24, 2.45) is 0 Å². The zero-order chi connectivity index (χ0) is 16.8. The van der Waals surface area contributed by atoms with Crippen LogP contribution in [0.3, 0.4) is 0 Å². The molecule has 0 bridgehead atoms. The lowest BCUT2D eigenvalue weighted by Crippen LogP contribution is -2.32. The van der Waals surface area contributed by atoms with Crippen molar-refractivity contribution in [1.82, 2.24) is 14.9 Å². The lowest BCUT2D eigenvalue weighted by atomic mass is 10.1. The van der Waals surface area contributed by atoms with Gasteiger partial charge in [-0.3, -0.25) is 9.78 Å². The molecule has 1 fully saturated rings. The molecule has 1 aliphatic rings. The summed E-state index contributed by atoms with van der Waals surface area (Å²) < 4.78 is 5.63. The van der Waals surface area contributed by atoms with E-state index in [4.69, 9.17) is 4.74 Å². The molecule has 1 N–H and O–H groups in total. The standard InChI is InChI=1S/C18H22N4O2/c1-19-17-13-20-12-15(21-17)16-8-5-10-22(16)18(23)9-11-24-14-6-3-2-4-7-14/h2-4,6-7,12-13,16H,5,8-11H2,1H3,(H,19,21). The normalized spacial score (nSPS) is 16.9. The Bertz CT molecular complexity index is 678. The summed E-state index contributed by atoms with van der Waals surface area (Å²) in [5.41, 5.74) is 0.844. The summed E-state index contributed by atoms with van der Waals surface area (Å²) in [7, 11) is 1.81. The van der Waals surface area contributed by atoms with Crippen LogP contribution in [-0.4, -0.2) is 41.0 Å². The fourth-order valence-corrected chi connectivity index (χ4v) is 2.95. The molecule has 1 aromatic heterocycles. The Labute approximate surface area is 141 Å². The molecule has 1 atom stereocenters. The Kier molecular flexibility index (Phi) is 5.25. The molecule has 1 aliphatic heterocycles. The fourth-order valence-electron chi connectivity index (χ4n) is 2.95. The Morgan fingerprint density at radius 3 is 2.96 bits per heavy atom. The second kappa shape index (κ2) is 7.77. The fraction of sp³-hybridized carbons (Fsp3) is 0.389.